The molecule has 0 N–H and O–H groups in total. The molecule has 0 aliphatic heterocycles. The van der Waals surface area contributed by atoms with Crippen molar-refractivity contribution in [3.63, 3.8) is 0 Å². The molecule has 0 saturated heterocycles. The molecule has 3 rings (SSSR count). The number of para-hydroxylation sites is 1. The third-order valence-electron chi connectivity index (χ3n) is 3.92. The molecule has 0 aliphatic rings. The average molecular weight is 323 g/mol. The number of nitrogens with zero attached hydrogens (tertiary/aromatic N) is 3. The van der Waals surface area contributed by atoms with Gasteiger partial charge >= 0.3 is 5.69 Å². The molecule has 1 aromatic heterocycles. The molecule has 0 radical (unpaired) electrons. The maximum atomic E-state index is 12.6. The van der Waals surface area contributed by atoms with E-state index in [4.69, 9.17) is 0 Å². The Hall–Kier alpha value is -3.15. The van der Waals surface area contributed by atoms with Crippen molar-refractivity contribution in [3.05, 3.63) is 74.9 Å². The van der Waals surface area contributed by atoms with Crippen LogP contribution in [0.2, 0.25) is 0 Å². The Kier molecular flexibility index (Phi) is 3.81. The smallest absolute Gasteiger partial charge is 0.335 e. The number of hydrogen-bond donors (Lipinski definition) is 0. The van der Waals surface area contributed by atoms with E-state index in [2.05, 4.69) is 0 Å². The van der Waals surface area contributed by atoms with Crippen LogP contribution in [0.15, 0.2) is 58.1 Å². The predicted octanol–water partition coefficient (Wildman–Crippen LogP) is 1.39. The zero-order valence-electron chi connectivity index (χ0n) is 13.7. The molecule has 6 heteroatoms. The third-order valence-corrected chi connectivity index (χ3v) is 3.92. The summed E-state index contributed by atoms with van der Waals surface area (Å²) in [5, 5.41) is 0.448. The van der Waals surface area contributed by atoms with Crippen LogP contribution in [0.1, 0.15) is 10.4 Å². The van der Waals surface area contributed by atoms with Crippen molar-refractivity contribution in [3.8, 4) is 5.69 Å². The van der Waals surface area contributed by atoms with Crippen LogP contribution in [0.4, 0.5) is 0 Å². The first-order valence-corrected chi connectivity index (χ1v) is 7.44. The average Bonchev–Trinajstić information content (AvgIpc) is 2.59. The predicted molar refractivity (Wildman–Crippen MR) is 92.8 cm³/mol. The van der Waals surface area contributed by atoms with Gasteiger partial charge in [-0.15, -0.1) is 0 Å². The van der Waals surface area contributed by atoms with Gasteiger partial charge in [0, 0.05) is 26.7 Å². The number of aromatic nitrogens is 2. The Balaban J connectivity index is 2.36. The van der Waals surface area contributed by atoms with E-state index in [0.29, 0.717) is 22.2 Å². The van der Waals surface area contributed by atoms with Crippen molar-refractivity contribution in [2.45, 2.75) is 0 Å². The lowest BCUT2D eigenvalue weighted by atomic mass is 10.1. The van der Waals surface area contributed by atoms with E-state index in [0.717, 1.165) is 4.57 Å². The Morgan fingerprint density at radius 2 is 1.71 bits per heavy atom. The second-order valence-electron chi connectivity index (χ2n) is 5.75. The summed E-state index contributed by atoms with van der Waals surface area (Å²) < 4.78 is 2.52. The topological polar surface area (TPSA) is 64.3 Å². The Morgan fingerprint density at radius 3 is 2.42 bits per heavy atom. The van der Waals surface area contributed by atoms with Gasteiger partial charge in [0.15, 0.2) is 0 Å². The van der Waals surface area contributed by atoms with Crippen LogP contribution in [-0.2, 0) is 7.05 Å². The maximum absolute atomic E-state index is 12.6. The SMILES string of the molecule is CN(C)C(=O)c1cccc(-n2c(=O)n(C)c(=O)c3ccccc32)c1. The monoisotopic (exact) mass is 323 g/mol. The van der Waals surface area contributed by atoms with Gasteiger partial charge in [0.2, 0.25) is 0 Å². The van der Waals surface area contributed by atoms with Gasteiger partial charge in [-0.05, 0) is 30.3 Å². The van der Waals surface area contributed by atoms with Crippen LogP contribution in [0, 0.1) is 0 Å². The number of carbonyl (C=O) groups is 1. The molecule has 0 unspecified atom stereocenters. The molecule has 0 bridgehead atoms. The summed E-state index contributed by atoms with van der Waals surface area (Å²) in [6, 6.07) is 13.7. The third kappa shape index (κ3) is 2.42. The normalized spacial score (nSPS) is 10.8. The van der Waals surface area contributed by atoms with E-state index in [-0.39, 0.29) is 11.5 Å². The van der Waals surface area contributed by atoms with E-state index in [1.54, 1.807) is 62.6 Å². The van der Waals surface area contributed by atoms with Crippen molar-refractivity contribution in [1.29, 1.82) is 0 Å². The van der Waals surface area contributed by atoms with Gasteiger partial charge in [-0.2, -0.15) is 0 Å². The van der Waals surface area contributed by atoms with E-state index < -0.39 is 5.69 Å². The molecule has 0 aliphatic carbocycles. The standard InChI is InChI=1S/C18H17N3O3/c1-19(2)16(22)12-7-6-8-13(11-12)21-15-10-5-4-9-14(15)17(23)20(3)18(21)24/h4-11H,1-3H3. The summed E-state index contributed by atoms with van der Waals surface area (Å²) in [4.78, 5) is 38.6. The number of amides is 1. The highest BCUT2D eigenvalue weighted by atomic mass is 16.2. The quantitative estimate of drug-likeness (QED) is 0.716. The molecule has 2 aromatic carbocycles. The first-order chi connectivity index (χ1) is 11.4. The largest absolute Gasteiger partial charge is 0.345 e. The summed E-state index contributed by atoms with van der Waals surface area (Å²) in [7, 11) is 4.79. The minimum Gasteiger partial charge on any atom is -0.345 e. The molecule has 0 spiro atoms. The fourth-order valence-electron chi connectivity index (χ4n) is 2.66. The lowest BCUT2D eigenvalue weighted by Gasteiger charge is -2.14. The number of hydrogen-bond acceptors (Lipinski definition) is 3. The lowest BCUT2D eigenvalue weighted by molar-refractivity contribution is 0.0827. The minimum absolute atomic E-state index is 0.154. The summed E-state index contributed by atoms with van der Waals surface area (Å²) in [5.74, 6) is -0.154. The molecular formula is C18H17N3O3. The van der Waals surface area contributed by atoms with Crippen molar-refractivity contribution < 1.29 is 4.79 Å². The molecule has 1 heterocycles. The van der Waals surface area contributed by atoms with E-state index in [9.17, 15) is 14.4 Å². The highest BCUT2D eigenvalue weighted by Gasteiger charge is 2.14. The van der Waals surface area contributed by atoms with Gasteiger partial charge in [-0.3, -0.25) is 18.7 Å². The first kappa shape index (κ1) is 15.7. The zero-order chi connectivity index (χ0) is 17.4. The molecule has 3 aromatic rings. The van der Waals surface area contributed by atoms with Crippen LogP contribution in [0.5, 0.6) is 0 Å². The van der Waals surface area contributed by atoms with Crippen molar-refractivity contribution in [1.82, 2.24) is 14.0 Å². The minimum atomic E-state index is -0.451. The summed E-state index contributed by atoms with van der Waals surface area (Å²) in [6.45, 7) is 0. The molecule has 122 valence electrons. The Morgan fingerprint density at radius 1 is 1.00 bits per heavy atom. The van der Waals surface area contributed by atoms with Gasteiger partial charge in [0.05, 0.1) is 16.6 Å². The summed E-state index contributed by atoms with van der Waals surface area (Å²) in [5.41, 5.74) is 0.738. The summed E-state index contributed by atoms with van der Waals surface area (Å²) >= 11 is 0. The second-order valence-corrected chi connectivity index (χ2v) is 5.75. The van der Waals surface area contributed by atoms with Gasteiger partial charge in [-0.1, -0.05) is 18.2 Å². The van der Waals surface area contributed by atoms with Gasteiger partial charge in [0.25, 0.3) is 11.5 Å². The molecule has 6 nitrogen and oxygen atoms in total. The van der Waals surface area contributed by atoms with E-state index >= 15 is 0 Å². The highest BCUT2D eigenvalue weighted by molar-refractivity contribution is 5.94. The van der Waals surface area contributed by atoms with Gasteiger partial charge < -0.3 is 4.90 Å². The van der Waals surface area contributed by atoms with Crippen LogP contribution in [0.25, 0.3) is 16.6 Å². The fourth-order valence-corrected chi connectivity index (χ4v) is 2.66. The molecule has 24 heavy (non-hydrogen) atoms. The zero-order valence-corrected chi connectivity index (χ0v) is 13.7. The second kappa shape index (κ2) is 5.81. The Bertz CT molecular complexity index is 1060. The van der Waals surface area contributed by atoms with Gasteiger partial charge in [0.1, 0.15) is 0 Å². The number of carbonyl (C=O) groups excluding carboxylic acids is 1. The molecule has 1 amide bonds. The van der Waals surface area contributed by atoms with E-state index in [1.165, 1.54) is 16.5 Å². The molecule has 0 atom stereocenters. The fraction of sp³-hybridized carbons (Fsp3) is 0.167. The van der Waals surface area contributed by atoms with Crippen LogP contribution in [-0.4, -0.2) is 34.0 Å². The highest BCUT2D eigenvalue weighted by Crippen LogP contribution is 2.15. The van der Waals surface area contributed by atoms with Crippen molar-refractivity contribution >= 4 is 16.8 Å². The van der Waals surface area contributed by atoms with Crippen LogP contribution < -0.4 is 11.2 Å². The number of rotatable bonds is 2. The number of benzene rings is 2. The van der Waals surface area contributed by atoms with E-state index in [1.807, 2.05) is 0 Å². The van der Waals surface area contributed by atoms with Crippen LogP contribution in [0.3, 0.4) is 0 Å². The molecule has 0 fully saturated rings. The Labute approximate surface area is 138 Å². The van der Waals surface area contributed by atoms with Crippen LogP contribution >= 0.6 is 0 Å². The number of fused-ring (bicyclic) bond motifs is 1. The lowest BCUT2D eigenvalue weighted by Crippen LogP contribution is -2.37. The molecular weight excluding hydrogens is 306 g/mol. The maximum Gasteiger partial charge on any atom is 0.335 e. The first-order valence-electron chi connectivity index (χ1n) is 7.44. The van der Waals surface area contributed by atoms with Crippen molar-refractivity contribution in [2.24, 2.45) is 7.05 Å². The van der Waals surface area contributed by atoms with Crippen molar-refractivity contribution in [2.75, 3.05) is 14.1 Å². The van der Waals surface area contributed by atoms with Gasteiger partial charge in [-0.25, -0.2) is 4.79 Å². The summed E-state index contributed by atoms with van der Waals surface area (Å²) in [6.07, 6.45) is 0. The molecule has 0 saturated carbocycles.